The zero-order valence-electron chi connectivity index (χ0n) is 20.7. The average Bonchev–Trinajstić information content (AvgIpc) is 2.96. The van der Waals surface area contributed by atoms with Crippen molar-refractivity contribution >= 4 is 17.5 Å². The zero-order chi connectivity index (χ0) is 24.4. The van der Waals surface area contributed by atoms with Crippen LogP contribution >= 0.6 is 0 Å². The third-order valence-electron chi connectivity index (χ3n) is 9.48. The number of carbonyl (C=O) groups excluding carboxylic acids is 3. The minimum absolute atomic E-state index is 0.0310. The molecule has 0 unspecified atom stereocenters. The van der Waals surface area contributed by atoms with Crippen molar-refractivity contribution in [2.45, 2.75) is 70.5 Å². The van der Waals surface area contributed by atoms with Gasteiger partial charge in [0.25, 0.3) is 0 Å². The first-order chi connectivity index (χ1) is 15.2. The average molecular weight is 463 g/mol. The fourth-order valence-corrected chi connectivity index (χ4v) is 7.85. The lowest BCUT2D eigenvalue weighted by molar-refractivity contribution is -0.862. The number of rotatable bonds is 5. The number of ether oxygens (including phenoxy) is 1. The van der Waals surface area contributed by atoms with E-state index in [1.165, 1.54) is 0 Å². The summed E-state index contributed by atoms with van der Waals surface area (Å²) >= 11 is 0. The van der Waals surface area contributed by atoms with Gasteiger partial charge in [0, 0.05) is 11.8 Å². The maximum absolute atomic E-state index is 13.2. The van der Waals surface area contributed by atoms with Crippen molar-refractivity contribution < 1.29 is 33.8 Å². The Hall–Kier alpha value is -1.57. The molecule has 0 aromatic carbocycles. The number of allylic oxidation sites excluding steroid dienone is 1. The molecule has 184 valence electrons. The molecule has 33 heavy (non-hydrogen) atoms. The van der Waals surface area contributed by atoms with Crippen LogP contribution in [0.2, 0.25) is 0 Å². The number of hydrogen-bond acceptors (Lipinski definition) is 6. The van der Waals surface area contributed by atoms with E-state index in [1.807, 2.05) is 28.1 Å². The van der Waals surface area contributed by atoms with Crippen molar-refractivity contribution in [2.75, 3.05) is 34.3 Å². The second kappa shape index (κ2) is 7.99. The van der Waals surface area contributed by atoms with Crippen LogP contribution in [0.15, 0.2) is 11.6 Å². The zero-order valence-corrected chi connectivity index (χ0v) is 20.7. The quantitative estimate of drug-likeness (QED) is 0.479. The lowest BCUT2D eigenvalue weighted by Crippen LogP contribution is -2.62. The molecule has 7 atom stereocenters. The predicted octanol–water partition coefficient (Wildman–Crippen LogP) is 2.04. The van der Waals surface area contributed by atoms with Crippen LogP contribution in [0.5, 0.6) is 0 Å². The Morgan fingerprint density at radius 1 is 1.15 bits per heavy atom. The van der Waals surface area contributed by atoms with Crippen molar-refractivity contribution in [1.29, 1.82) is 0 Å². The molecule has 4 rings (SSSR count). The van der Waals surface area contributed by atoms with Gasteiger partial charge in [-0.15, -0.1) is 0 Å². The van der Waals surface area contributed by atoms with Crippen LogP contribution in [0.25, 0.3) is 0 Å². The number of ketones is 2. The summed E-state index contributed by atoms with van der Waals surface area (Å²) in [5.41, 5.74) is -1.42. The number of Topliss-reactive ketones (excluding diaryl/α,β-unsaturated/α-hetero) is 1. The Morgan fingerprint density at radius 2 is 1.85 bits per heavy atom. The van der Waals surface area contributed by atoms with Gasteiger partial charge in [-0.05, 0) is 67.8 Å². The molecule has 2 N–H and O–H groups in total. The second-order valence-corrected chi connectivity index (χ2v) is 12.5. The van der Waals surface area contributed by atoms with E-state index in [0.29, 0.717) is 30.2 Å². The molecule has 0 aromatic heterocycles. The van der Waals surface area contributed by atoms with E-state index >= 15 is 0 Å². The number of carbonyl (C=O) groups is 3. The topological polar surface area (TPSA) is 101 Å². The van der Waals surface area contributed by atoms with Crippen LogP contribution < -0.4 is 0 Å². The van der Waals surface area contributed by atoms with E-state index in [1.54, 1.807) is 6.08 Å². The number of likely N-dealkylation sites (N-methyl/N-ethyl adjacent to an activating group) is 1. The van der Waals surface area contributed by atoms with Crippen LogP contribution in [-0.4, -0.2) is 78.2 Å². The SMILES string of the molecule is C[C@]12CCC(=O)C=C1CC[C@H]1[C@H]2[C@@H](O)C[C@]2(C)[C@@H]1CC[C@@]2(O)C(=O)COC(=O)C[N+](C)(C)C. The van der Waals surface area contributed by atoms with Crippen LogP contribution in [0.4, 0.5) is 0 Å². The molecule has 4 aliphatic rings. The summed E-state index contributed by atoms with van der Waals surface area (Å²) in [6.45, 7) is 3.83. The van der Waals surface area contributed by atoms with E-state index in [9.17, 15) is 24.6 Å². The third-order valence-corrected chi connectivity index (χ3v) is 9.48. The van der Waals surface area contributed by atoms with Gasteiger partial charge in [-0.2, -0.15) is 0 Å². The highest BCUT2D eigenvalue weighted by atomic mass is 16.5. The van der Waals surface area contributed by atoms with Crippen LogP contribution in [-0.2, 0) is 19.1 Å². The smallest absolute Gasteiger partial charge is 0.362 e. The molecule has 3 fully saturated rings. The number of aliphatic hydroxyl groups excluding tert-OH is 1. The van der Waals surface area contributed by atoms with Gasteiger partial charge in [0.05, 0.1) is 27.2 Å². The molecule has 0 aromatic rings. The van der Waals surface area contributed by atoms with Crippen LogP contribution in [0.3, 0.4) is 0 Å². The lowest BCUT2D eigenvalue weighted by Gasteiger charge is -2.60. The van der Waals surface area contributed by atoms with Crippen molar-refractivity contribution in [3.8, 4) is 0 Å². The fraction of sp³-hybridized carbons (Fsp3) is 0.808. The first kappa shape index (κ1) is 24.6. The van der Waals surface area contributed by atoms with Crippen molar-refractivity contribution in [3.63, 3.8) is 0 Å². The molecule has 7 nitrogen and oxygen atoms in total. The molecule has 0 radical (unpaired) electrons. The van der Waals surface area contributed by atoms with E-state index in [0.717, 1.165) is 24.8 Å². The van der Waals surface area contributed by atoms with Crippen LogP contribution in [0, 0.1) is 28.6 Å². The largest absolute Gasteiger partial charge is 0.453 e. The van der Waals surface area contributed by atoms with E-state index in [4.69, 9.17) is 4.74 Å². The molecule has 0 heterocycles. The Bertz CT molecular complexity index is 890. The summed E-state index contributed by atoms with van der Waals surface area (Å²) < 4.78 is 5.64. The van der Waals surface area contributed by atoms with Crippen molar-refractivity contribution in [3.05, 3.63) is 11.6 Å². The first-order valence-electron chi connectivity index (χ1n) is 12.3. The normalized spacial score (nSPS) is 42.6. The molecule has 0 amide bonds. The summed E-state index contributed by atoms with van der Waals surface area (Å²) in [4.78, 5) is 37.4. The molecule has 0 spiro atoms. The van der Waals surface area contributed by atoms with Crippen molar-refractivity contribution in [2.24, 2.45) is 28.6 Å². The van der Waals surface area contributed by atoms with E-state index in [-0.39, 0.29) is 35.5 Å². The number of nitrogens with zero attached hydrogens (tertiary/aromatic N) is 1. The summed E-state index contributed by atoms with van der Waals surface area (Å²) in [6.07, 6.45) is 5.49. The highest BCUT2D eigenvalue weighted by Crippen LogP contribution is 2.67. The van der Waals surface area contributed by atoms with Gasteiger partial charge in [-0.25, -0.2) is 4.79 Å². The van der Waals surface area contributed by atoms with Gasteiger partial charge in [-0.1, -0.05) is 19.4 Å². The number of hydrogen-bond donors (Lipinski definition) is 2. The standard InChI is InChI=1S/C26H40NO6/c1-24-10-8-17(28)12-16(24)6-7-18-19-9-11-26(32,25(19,2)13-20(29)23(18)24)21(30)15-33-22(31)14-27(3,4)5/h12,18-20,23,29,32H,6-11,13-15H2,1-5H3/q+1/t18-,19-,20+,23+,24+,25-,26-/m1/s1. The fourth-order valence-electron chi connectivity index (χ4n) is 7.85. The second-order valence-electron chi connectivity index (χ2n) is 12.5. The number of aliphatic hydroxyl groups is 2. The van der Waals surface area contributed by atoms with E-state index in [2.05, 4.69) is 6.92 Å². The molecular formula is C26H40NO6+. The Kier molecular flexibility index (Phi) is 5.95. The Balaban J connectivity index is 1.55. The first-order valence-corrected chi connectivity index (χ1v) is 12.3. The number of quaternary nitrogens is 1. The van der Waals surface area contributed by atoms with Gasteiger partial charge >= 0.3 is 5.97 Å². The van der Waals surface area contributed by atoms with Gasteiger partial charge in [0.15, 0.2) is 18.9 Å². The minimum Gasteiger partial charge on any atom is -0.453 e. The number of fused-ring (bicyclic) bond motifs is 5. The van der Waals surface area contributed by atoms with Gasteiger partial charge < -0.3 is 19.4 Å². The molecule has 3 saturated carbocycles. The molecule has 0 bridgehead atoms. The van der Waals surface area contributed by atoms with Crippen LogP contribution in [0.1, 0.15) is 58.8 Å². The van der Waals surface area contributed by atoms with Gasteiger partial charge in [0.1, 0.15) is 5.60 Å². The molecule has 7 heteroatoms. The maximum Gasteiger partial charge on any atom is 0.362 e. The maximum atomic E-state index is 13.2. The summed E-state index contributed by atoms with van der Waals surface area (Å²) in [5, 5.41) is 23.1. The minimum atomic E-state index is -1.61. The summed E-state index contributed by atoms with van der Waals surface area (Å²) in [5.74, 6) is -0.414. The van der Waals surface area contributed by atoms with E-state index < -0.39 is 35.5 Å². The number of esters is 1. The highest BCUT2D eigenvalue weighted by molar-refractivity contribution is 5.92. The Morgan fingerprint density at radius 3 is 2.52 bits per heavy atom. The lowest BCUT2D eigenvalue weighted by atomic mass is 9.45. The highest BCUT2D eigenvalue weighted by Gasteiger charge is 2.68. The molecule has 4 aliphatic carbocycles. The molecule has 0 aliphatic heterocycles. The summed E-state index contributed by atoms with van der Waals surface area (Å²) in [6, 6.07) is 0. The predicted molar refractivity (Wildman–Crippen MR) is 122 cm³/mol. The van der Waals surface area contributed by atoms with Gasteiger partial charge in [0.2, 0.25) is 5.78 Å². The monoisotopic (exact) mass is 462 g/mol. The van der Waals surface area contributed by atoms with Crippen molar-refractivity contribution in [1.82, 2.24) is 0 Å². The summed E-state index contributed by atoms with van der Waals surface area (Å²) in [7, 11) is 5.60. The Labute approximate surface area is 196 Å². The molecular weight excluding hydrogens is 422 g/mol. The third kappa shape index (κ3) is 3.90. The molecule has 0 saturated heterocycles. The van der Waals surface area contributed by atoms with Gasteiger partial charge in [-0.3, -0.25) is 9.59 Å².